The highest BCUT2D eigenvalue weighted by atomic mass is 16.4. The molecular formula is C13H20N2O. The normalized spacial score (nSPS) is 27.4. The lowest BCUT2D eigenvalue weighted by atomic mass is 10.1. The standard InChI is InChI=1S/C13H20N2O/c1-2-6-10(5-1)12-9-15-13(16-12)11-7-3-4-8-14-11/h9-11,14H,1-8H2. The van der Waals surface area contributed by atoms with E-state index in [1.54, 1.807) is 0 Å². The lowest BCUT2D eigenvalue weighted by Gasteiger charge is -2.20. The predicted octanol–water partition coefficient (Wildman–Crippen LogP) is 3.15. The third kappa shape index (κ3) is 2.01. The van der Waals surface area contributed by atoms with Gasteiger partial charge in [-0.3, -0.25) is 0 Å². The molecule has 1 aromatic heterocycles. The van der Waals surface area contributed by atoms with E-state index in [1.807, 2.05) is 6.20 Å². The second-order valence-electron chi connectivity index (χ2n) is 5.08. The van der Waals surface area contributed by atoms with Crippen LogP contribution in [0.3, 0.4) is 0 Å². The minimum absolute atomic E-state index is 0.365. The van der Waals surface area contributed by atoms with E-state index in [4.69, 9.17) is 4.42 Å². The highest BCUT2D eigenvalue weighted by molar-refractivity contribution is 5.06. The summed E-state index contributed by atoms with van der Waals surface area (Å²) in [4.78, 5) is 4.46. The summed E-state index contributed by atoms with van der Waals surface area (Å²) in [7, 11) is 0. The average molecular weight is 220 g/mol. The molecule has 16 heavy (non-hydrogen) atoms. The summed E-state index contributed by atoms with van der Waals surface area (Å²) < 4.78 is 5.93. The van der Waals surface area contributed by atoms with Crippen molar-refractivity contribution in [2.24, 2.45) is 0 Å². The zero-order chi connectivity index (χ0) is 10.8. The first-order valence-corrected chi connectivity index (χ1v) is 6.62. The summed E-state index contributed by atoms with van der Waals surface area (Å²) in [5, 5.41) is 3.48. The van der Waals surface area contributed by atoms with Crippen LogP contribution in [-0.4, -0.2) is 11.5 Å². The van der Waals surface area contributed by atoms with Gasteiger partial charge in [0.15, 0.2) is 0 Å². The number of nitrogens with zero attached hydrogens (tertiary/aromatic N) is 1. The first kappa shape index (κ1) is 10.3. The number of nitrogens with one attached hydrogen (secondary N) is 1. The van der Waals surface area contributed by atoms with Gasteiger partial charge in [0, 0.05) is 5.92 Å². The molecule has 0 radical (unpaired) electrons. The van der Waals surface area contributed by atoms with E-state index >= 15 is 0 Å². The van der Waals surface area contributed by atoms with Crippen molar-refractivity contribution < 1.29 is 4.42 Å². The number of hydrogen-bond donors (Lipinski definition) is 1. The highest BCUT2D eigenvalue weighted by Gasteiger charge is 2.24. The smallest absolute Gasteiger partial charge is 0.211 e. The highest BCUT2D eigenvalue weighted by Crippen LogP contribution is 2.35. The molecule has 1 atom stereocenters. The molecule has 88 valence electrons. The Labute approximate surface area is 96.6 Å². The molecule has 2 fully saturated rings. The summed E-state index contributed by atoms with van der Waals surface area (Å²) >= 11 is 0. The molecule has 0 amide bonds. The molecule has 1 aliphatic carbocycles. The fraction of sp³-hybridized carbons (Fsp3) is 0.769. The van der Waals surface area contributed by atoms with E-state index in [-0.39, 0.29) is 0 Å². The van der Waals surface area contributed by atoms with Crippen molar-refractivity contribution in [1.82, 2.24) is 10.3 Å². The molecule has 2 aliphatic rings. The van der Waals surface area contributed by atoms with Crippen LogP contribution in [0.1, 0.15) is 68.6 Å². The Hall–Kier alpha value is -0.830. The maximum absolute atomic E-state index is 5.93. The molecule has 0 bridgehead atoms. The molecule has 1 aliphatic heterocycles. The first-order valence-electron chi connectivity index (χ1n) is 6.62. The number of piperidine rings is 1. The van der Waals surface area contributed by atoms with Gasteiger partial charge in [-0.2, -0.15) is 0 Å². The van der Waals surface area contributed by atoms with Crippen LogP contribution in [0.2, 0.25) is 0 Å². The third-order valence-corrected chi connectivity index (χ3v) is 3.91. The summed E-state index contributed by atoms with van der Waals surface area (Å²) in [6.45, 7) is 1.10. The van der Waals surface area contributed by atoms with E-state index in [2.05, 4.69) is 10.3 Å². The fourth-order valence-electron chi connectivity index (χ4n) is 2.92. The largest absolute Gasteiger partial charge is 0.444 e. The maximum Gasteiger partial charge on any atom is 0.211 e. The van der Waals surface area contributed by atoms with Gasteiger partial charge < -0.3 is 9.73 Å². The molecule has 1 N–H and O–H groups in total. The predicted molar refractivity (Wildman–Crippen MR) is 62.3 cm³/mol. The molecule has 1 unspecified atom stereocenters. The molecule has 0 spiro atoms. The van der Waals surface area contributed by atoms with E-state index < -0.39 is 0 Å². The topological polar surface area (TPSA) is 38.1 Å². The van der Waals surface area contributed by atoms with E-state index in [0.717, 1.165) is 18.2 Å². The van der Waals surface area contributed by atoms with Gasteiger partial charge in [-0.05, 0) is 32.2 Å². The van der Waals surface area contributed by atoms with Crippen LogP contribution in [0.15, 0.2) is 10.6 Å². The lowest BCUT2D eigenvalue weighted by Crippen LogP contribution is -2.26. The van der Waals surface area contributed by atoms with E-state index in [1.165, 1.54) is 44.9 Å². The molecule has 2 heterocycles. The summed E-state index contributed by atoms with van der Waals surface area (Å²) in [5.41, 5.74) is 0. The maximum atomic E-state index is 5.93. The Morgan fingerprint density at radius 3 is 2.69 bits per heavy atom. The van der Waals surface area contributed by atoms with Gasteiger partial charge in [0.25, 0.3) is 0 Å². The van der Waals surface area contributed by atoms with Crippen LogP contribution in [0.5, 0.6) is 0 Å². The van der Waals surface area contributed by atoms with Gasteiger partial charge in [-0.15, -0.1) is 0 Å². The second kappa shape index (κ2) is 4.58. The van der Waals surface area contributed by atoms with Crippen LogP contribution in [0.4, 0.5) is 0 Å². The summed E-state index contributed by atoms with van der Waals surface area (Å²) in [6.07, 6.45) is 11.0. The van der Waals surface area contributed by atoms with Crippen molar-refractivity contribution >= 4 is 0 Å². The summed E-state index contributed by atoms with van der Waals surface area (Å²) in [5.74, 6) is 2.69. The summed E-state index contributed by atoms with van der Waals surface area (Å²) in [6, 6.07) is 0.365. The van der Waals surface area contributed by atoms with Gasteiger partial charge in [0.1, 0.15) is 5.76 Å². The Morgan fingerprint density at radius 1 is 1.12 bits per heavy atom. The number of rotatable bonds is 2. The van der Waals surface area contributed by atoms with Gasteiger partial charge in [0.05, 0.1) is 12.2 Å². The van der Waals surface area contributed by atoms with Crippen molar-refractivity contribution in [3.05, 3.63) is 17.8 Å². The van der Waals surface area contributed by atoms with Gasteiger partial charge in [0.2, 0.25) is 5.89 Å². The number of aromatic nitrogens is 1. The quantitative estimate of drug-likeness (QED) is 0.832. The lowest BCUT2D eigenvalue weighted by molar-refractivity contribution is 0.322. The molecule has 3 nitrogen and oxygen atoms in total. The van der Waals surface area contributed by atoms with E-state index in [9.17, 15) is 0 Å². The van der Waals surface area contributed by atoms with Gasteiger partial charge >= 0.3 is 0 Å². The third-order valence-electron chi connectivity index (χ3n) is 3.91. The second-order valence-corrected chi connectivity index (χ2v) is 5.08. The van der Waals surface area contributed by atoms with Gasteiger partial charge in [-0.25, -0.2) is 4.98 Å². The number of hydrogen-bond acceptors (Lipinski definition) is 3. The molecule has 1 saturated heterocycles. The Morgan fingerprint density at radius 2 is 1.94 bits per heavy atom. The fourth-order valence-corrected chi connectivity index (χ4v) is 2.92. The zero-order valence-corrected chi connectivity index (χ0v) is 9.74. The molecule has 3 heteroatoms. The molecule has 0 aromatic carbocycles. The number of oxazole rings is 1. The van der Waals surface area contributed by atoms with Crippen molar-refractivity contribution in [3.63, 3.8) is 0 Å². The van der Waals surface area contributed by atoms with Crippen LogP contribution >= 0.6 is 0 Å². The van der Waals surface area contributed by atoms with Crippen molar-refractivity contribution in [2.75, 3.05) is 6.54 Å². The Balaban J connectivity index is 1.71. The Bertz CT molecular complexity index is 335. The first-order chi connectivity index (χ1) is 7.93. The molecule has 1 saturated carbocycles. The SMILES string of the molecule is c1nc(C2CCCCN2)oc1C1CCCC1. The minimum Gasteiger partial charge on any atom is -0.444 e. The zero-order valence-electron chi connectivity index (χ0n) is 9.74. The monoisotopic (exact) mass is 220 g/mol. The molecule has 1 aromatic rings. The Kier molecular flexibility index (Phi) is 2.96. The van der Waals surface area contributed by atoms with Gasteiger partial charge in [-0.1, -0.05) is 19.3 Å². The van der Waals surface area contributed by atoms with Crippen LogP contribution in [0.25, 0.3) is 0 Å². The minimum atomic E-state index is 0.365. The van der Waals surface area contributed by atoms with Crippen LogP contribution < -0.4 is 5.32 Å². The molecule has 3 rings (SSSR count). The van der Waals surface area contributed by atoms with Crippen LogP contribution in [-0.2, 0) is 0 Å². The average Bonchev–Trinajstić information content (AvgIpc) is 3.01. The van der Waals surface area contributed by atoms with Crippen molar-refractivity contribution in [1.29, 1.82) is 0 Å². The van der Waals surface area contributed by atoms with Crippen molar-refractivity contribution in [3.8, 4) is 0 Å². The van der Waals surface area contributed by atoms with Crippen molar-refractivity contribution in [2.45, 2.75) is 56.9 Å². The van der Waals surface area contributed by atoms with E-state index in [0.29, 0.717) is 12.0 Å². The van der Waals surface area contributed by atoms with Crippen LogP contribution in [0, 0.1) is 0 Å². The molecular weight excluding hydrogens is 200 g/mol.